The predicted octanol–water partition coefficient (Wildman–Crippen LogP) is 17.1. The van der Waals surface area contributed by atoms with Crippen LogP contribution in [0.1, 0.15) is 11.1 Å². The van der Waals surface area contributed by atoms with Crippen LogP contribution < -0.4 is 20.7 Å². The molecule has 2 aliphatic rings. The van der Waals surface area contributed by atoms with Gasteiger partial charge in [-0.2, -0.15) is 0 Å². The second-order valence-corrected chi connectivity index (χ2v) is 19.7. The lowest BCUT2D eigenvalue weighted by molar-refractivity contribution is 1.24. The predicted molar refractivity (Wildman–Crippen MR) is 308 cm³/mol. The van der Waals surface area contributed by atoms with Gasteiger partial charge in [-0.15, -0.1) is 0 Å². The third-order valence-electron chi connectivity index (χ3n) is 15.8. The summed E-state index contributed by atoms with van der Waals surface area (Å²) >= 11 is 0. The number of nitrogens with zero attached hydrogens (tertiary/aromatic N) is 3. The molecule has 3 heterocycles. The summed E-state index contributed by atoms with van der Waals surface area (Å²) in [6, 6.07) is 90.4. The van der Waals surface area contributed by atoms with Crippen molar-refractivity contribution in [1.82, 2.24) is 4.48 Å². The molecule has 13 aromatic rings. The zero-order valence-corrected chi connectivity index (χ0v) is 40.0. The Bertz CT molecular complexity index is 4260. The minimum atomic E-state index is -0.144. The summed E-state index contributed by atoms with van der Waals surface area (Å²) in [7, 11) is 0. The molecular formula is C68H46BN3. The minimum Gasteiger partial charge on any atom is -0.375 e. The van der Waals surface area contributed by atoms with E-state index in [9.17, 15) is 0 Å². The van der Waals surface area contributed by atoms with E-state index in [-0.39, 0.29) is 6.85 Å². The van der Waals surface area contributed by atoms with Crippen molar-refractivity contribution >= 4 is 106 Å². The number of aromatic nitrogens is 1. The zero-order valence-electron chi connectivity index (χ0n) is 40.0. The van der Waals surface area contributed by atoms with Gasteiger partial charge in [0.1, 0.15) is 0 Å². The number of fused-ring (bicyclic) bond motifs is 11. The normalized spacial score (nSPS) is 12.5. The number of aryl methyl sites for hydroxylation is 2. The highest BCUT2D eigenvalue weighted by molar-refractivity contribution is 6.90. The van der Waals surface area contributed by atoms with Crippen molar-refractivity contribution < 1.29 is 0 Å². The molecule has 0 atom stereocenters. The third-order valence-corrected chi connectivity index (χ3v) is 15.8. The largest absolute Gasteiger partial charge is 0.375 e. The Balaban J connectivity index is 1.15. The first-order valence-electron chi connectivity index (χ1n) is 25.1. The van der Waals surface area contributed by atoms with Crippen LogP contribution in [0.15, 0.2) is 243 Å². The van der Waals surface area contributed by atoms with E-state index in [0.29, 0.717) is 0 Å². The summed E-state index contributed by atoms with van der Waals surface area (Å²) in [6.07, 6.45) is 0. The van der Waals surface area contributed by atoms with Crippen LogP contribution in [0.3, 0.4) is 0 Å². The molecule has 0 saturated heterocycles. The Hall–Kier alpha value is -9.12. The van der Waals surface area contributed by atoms with E-state index in [2.05, 4.69) is 271 Å². The second kappa shape index (κ2) is 15.7. The summed E-state index contributed by atoms with van der Waals surface area (Å²) < 4.78 is 2.71. The van der Waals surface area contributed by atoms with Crippen molar-refractivity contribution in [1.29, 1.82) is 0 Å². The third kappa shape index (κ3) is 5.93. The highest BCUT2D eigenvalue weighted by Crippen LogP contribution is 2.51. The highest BCUT2D eigenvalue weighted by atomic mass is 15.2. The molecule has 0 fully saturated rings. The van der Waals surface area contributed by atoms with Crippen LogP contribution in [0.4, 0.5) is 34.1 Å². The standard InChI is InChI=1S/C68H46BN3/c1-43-54-30-17-18-31-55(54)44(2)59-42-64-62(41-58(43)59)69-67-60(61-38-47-25-15-16-32-56(47)66-57-33-19-20-34-63(57)72(69)68(61)66)39-53(70(50-26-11-5-12-27-50)51-28-13-6-14-29-51)40-65(67)71(64)52-36-48(45-21-7-3-8-22-45)35-49(37-52)46-23-9-4-10-24-46/h3-42H,1-2H3. The highest BCUT2D eigenvalue weighted by Gasteiger charge is 2.44. The summed E-state index contributed by atoms with van der Waals surface area (Å²) in [5, 5.41) is 10.3. The lowest BCUT2D eigenvalue weighted by Gasteiger charge is -2.42. The molecule has 0 bridgehead atoms. The summed E-state index contributed by atoms with van der Waals surface area (Å²) in [6.45, 7) is 4.50. The Morgan fingerprint density at radius 1 is 0.375 bits per heavy atom. The molecule has 0 radical (unpaired) electrons. The van der Waals surface area contributed by atoms with Gasteiger partial charge in [0.2, 0.25) is 0 Å². The molecule has 0 amide bonds. The van der Waals surface area contributed by atoms with E-state index in [1.165, 1.54) is 121 Å². The fourth-order valence-corrected chi connectivity index (χ4v) is 12.6. The zero-order chi connectivity index (χ0) is 47.6. The van der Waals surface area contributed by atoms with Gasteiger partial charge in [-0.1, -0.05) is 170 Å². The molecule has 0 N–H and O–H groups in total. The molecule has 336 valence electrons. The lowest BCUT2D eigenvalue weighted by Crippen LogP contribution is -2.56. The van der Waals surface area contributed by atoms with E-state index < -0.39 is 0 Å². The van der Waals surface area contributed by atoms with Crippen LogP contribution >= 0.6 is 0 Å². The molecule has 15 rings (SSSR count). The maximum absolute atomic E-state index is 2.71. The lowest BCUT2D eigenvalue weighted by atomic mass is 9.45. The number of anilines is 6. The van der Waals surface area contributed by atoms with Gasteiger partial charge in [0.15, 0.2) is 0 Å². The van der Waals surface area contributed by atoms with E-state index in [4.69, 9.17) is 0 Å². The van der Waals surface area contributed by atoms with Crippen LogP contribution in [-0.4, -0.2) is 11.3 Å². The van der Waals surface area contributed by atoms with Crippen LogP contribution in [0.25, 0.3) is 87.5 Å². The SMILES string of the molecule is Cc1c2ccccc2c(C)c2cc3c(cc12)B1c2c(cc(N(c4ccccc4)c4ccccc4)cc2N3c2cc(-c3ccccc3)cc(-c3ccccc3)c2)-c2cc3ccccc3c3c4ccccc4n1c23. The van der Waals surface area contributed by atoms with Gasteiger partial charge < -0.3 is 14.3 Å². The van der Waals surface area contributed by atoms with Gasteiger partial charge >= 0.3 is 6.85 Å². The molecule has 0 spiro atoms. The van der Waals surface area contributed by atoms with Crippen molar-refractivity contribution in [3.8, 4) is 33.4 Å². The Morgan fingerprint density at radius 2 is 0.903 bits per heavy atom. The van der Waals surface area contributed by atoms with Gasteiger partial charge in [0.25, 0.3) is 0 Å². The van der Waals surface area contributed by atoms with Crippen molar-refractivity contribution in [2.75, 3.05) is 9.80 Å². The smallest absolute Gasteiger partial charge is 0.333 e. The fourth-order valence-electron chi connectivity index (χ4n) is 12.6. The summed E-state index contributed by atoms with van der Waals surface area (Å²) in [5.74, 6) is 0. The van der Waals surface area contributed by atoms with Gasteiger partial charge in [-0.05, 0) is 169 Å². The summed E-state index contributed by atoms with van der Waals surface area (Å²) in [5.41, 5.74) is 21.7. The molecule has 3 nitrogen and oxygen atoms in total. The molecule has 1 aromatic heterocycles. The van der Waals surface area contributed by atoms with Crippen LogP contribution in [0, 0.1) is 13.8 Å². The number of hydrogen-bond donors (Lipinski definition) is 0. The topological polar surface area (TPSA) is 11.4 Å². The number of hydrogen-bond acceptors (Lipinski definition) is 2. The number of rotatable bonds is 6. The average molecular weight is 916 g/mol. The molecule has 72 heavy (non-hydrogen) atoms. The van der Waals surface area contributed by atoms with Gasteiger partial charge in [0.05, 0.1) is 0 Å². The van der Waals surface area contributed by atoms with Gasteiger partial charge in [-0.3, -0.25) is 0 Å². The van der Waals surface area contributed by atoms with Crippen molar-refractivity contribution in [2.45, 2.75) is 13.8 Å². The van der Waals surface area contributed by atoms with Crippen LogP contribution in [-0.2, 0) is 0 Å². The van der Waals surface area contributed by atoms with E-state index in [0.717, 1.165) is 22.7 Å². The Morgan fingerprint density at radius 3 is 1.53 bits per heavy atom. The molecule has 0 saturated carbocycles. The van der Waals surface area contributed by atoms with Crippen molar-refractivity contribution in [3.63, 3.8) is 0 Å². The maximum Gasteiger partial charge on any atom is 0.333 e. The van der Waals surface area contributed by atoms with Gasteiger partial charge in [0, 0.05) is 61.5 Å². The van der Waals surface area contributed by atoms with E-state index >= 15 is 0 Å². The average Bonchev–Trinajstić information content (AvgIpc) is 3.80. The van der Waals surface area contributed by atoms with Crippen LogP contribution in [0.5, 0.6) is 0 Å². The fraction of sp³-hybridized carbons (Fsp3) is 0.0294. The van der Waals surface area contributed by atoms with Crippen molar-refractivity contribution in [2.24, 2.45) is 0 Å². The molecule has 4 heteroatoms. The monoisotopic (exact) mass is 915 g/mol. The summed E-state index contributed by atoms with van der Waals surface area (Å²) in [4.78, 5) is 5.07. The number of para-hydroxylation sites is 3. The number of benzene rings is 12. The van der Waals surface area contributed by atoms with Crippen LogP contribution in [0.2, 0.25) is 0 Å². The molecule has 0 unspecified atom stereocenters. The maximum atomic E-state index is 2.71. The van der Waals surface area contributed by atoms with Crippen molar-refractivity contribution in [3.05, 3.63) is 254 Å². The molecule has 0 aliphatic carbocycles. The van der Waals surface area contributed by atoms with E-state index in [1.807, 2.05) is 0 Å². The van der Waals surface area contributed by atoms with Gasteiger partial charge in [-0.25, -0.2) is 0 Å². The second-order valence-electron chi connectivity index (χ2n) is 19.7. The quantitative estimate of drug-likeness (QED) is 0.122. The minimum absolute atomic E-state index is 0.144. The molecule has 2 aliphatic heterocycles. The Kier molecular flexibility index (Phi) is 8.88. The Labute approximate surface area is 419 Å². The molecular weight excluding hydrogens is 870 g/mol. The molecule has 12 aromatic carbocycles. The first-order chi connectivity index (χ1) is 35.6. The van der Waals surface area contributed by atoms with E-state index in [1.54, 1.807) is 0 Å². The first-order valence-corrected chi connectivity index (χ1v) is 25.1. The first kappa shape index (κ1) is 40.7.